The van der Waals surface area contributed by atoms with Crippen LogP contribution in [0.2, 0.25) is 0 Å². The molecule has 20 heavy (non-hydrogen) atoms. The second kappa shape index (κ2) is 7.41. The normalized spacial score (nSPS) is 13.3. The second-order valence-corrected chi connectivity index (χ2v) is 7.38. The topological polar surface area (TPSA) is 28.2 Å². The molecule has 1 N–H and O–H groups in total. The molecule has 0 aliphatic carbocycles. The molecule has 1 atom stereocenters. The van der Waals surface area contributed by atoms with Crippen molar-refractivity contribution in [3.05, 3.63) is 22.3 Å². The Morgan fingerprint density at radius 3 is 2.60 bits per heavy atom. The van der Waals surface area contributed by atoms with Gasteiger partial charge in [0.1, 0.15) is 5.82 Å². The lowest BCUT2D eigenvalue weighted by molar-refractivity contribution is 0.328. The lowest BCUT2D eigenvalue weighted by atomic mass is 9.87. The maximum atomic E-state index is 4.63. The number of aromatic nitrogens is 1. The van der Waals surface area contributed by atoms with Gasteiger partial charge in [0.05, 0.1) is 0 Å². The van der Waals surface area contributed by atoms with Crippen LogP contribution in [-0.4, -0.2) is 24.6 Å². The molecule has 1 unspecified atom stereocenters. The first-order chi connectivity index (χ1) is 9.27. The quantitative estimate of drug-likeness (QED) is 0.785. The molecule has 0 aliphatic rings. The molecule has 0 fully saturated rings. The number of rotatable bonds is 6. The number of nitrogens with one attached hydrogen (secondary N) is 1. The lowest BCUT2D eigenvalue weighted by Gasteiger charge is -2.37. The van der Waals surface area contributed by atoms with Crippen molar-refractivity contribution < 1.29 is 0 Å². The predicted molar refractivity (Wildman–Crippen MR) is 91.3 cm³/mol. The molecule has 1 rings (SSSR count). The highest BCUT2D eigenvalue weighted by atomic mass is 79.9. The summed E-state index contributed by atoms with van der Waals surface area (Å²) in [5.74, 6) is 1.07. The molecule has 3 nitrogen and oxygen atoms in total. The largest absolute Gasteiger partial charge is 0.356 e. The van der Waals surface area contributed by atoms with Crippen molar-refractivity contribution in [2.24, 2.45) is 5.41 Å². The van der Waals surface area contributed by atoms with Crippen LogP contribution in [0, 0.1) is 5.41 Å². The van der Waals surface area contributed by atoms with Gasteiger partial charge in [0.15, 0.2) is 0 Å². The van der Waals surface area contributed by atoms with E-state index in [1.807, 2.05) is 6.20 Å². The van der Waals surface area contributed by atoms with Crippen molar-refractivity contribution in [2.75, 3.05) is 18.5 Å². The summed E-state index contributed by atoms with van der Waals surface area (Å²) in [5.41, 5.74) is 1.46. The number of hydrogen-bond acceptors (Lipinski definition) is 3. The summed E-state index contributed by atoms with van der Waals surface area (Å²) in [4.78, 5) is 6.92. The molecule has 0 saturated heterocycles. The van der Waals surface area contributed by atoms with E-state index in [2.05, 4.69) is 78.9 Å². The van der Waals surface area contributed by atoms with Crippen molar-refractivity contribution in [1.29, 1.82) is 0 Å². The molecule has 0 aliphatic heterocycles. The van der Waals surface area contributed by atoms with Crippen LogP contribution in [0.4, 0.5) is 5.82 Å². The molecule has 0 spiro atoms. The zero-order valence-electron chi connectivity index (χ0n) is 13.6. The Morgan fingerprint density at radius 1 is 1.40 bits per heavy atom. The molecule has 0 amide bonds. The van der Waals surface area contributed by atoms with E-state index in [1.54, 1.807) is 0 Å². The minimum absolute atomic E-state index is 0.220. The van der Waals surface area contributed by atoms with Gasteiger partial charge in [-0.05, 0) is 47.3 Å². The smallest absolute Gasteiger partial charge is 0.133 e. The maximum absolute atomic E-state index is 4.63. The van der Waals surface area contributed by atoms with Crippen LogP contribution >= 0.6 is 15.9 Å². The van der Waals surface area contributed by atoms with E-state index < -0.39 is 0 Å². The third-order valence-electron chi connectivity index (χ3n) is 3.82. The van der Waals surface area contributed by atoms with Crippen LogP contribution in [0.15, 0.2) is 16.7 Å². The average molecular weight is 342 g/mol. The predicted octanol–water partition coefficient (Wildman–Crippen LogP) is 4.21. The van der Waals surface area contributed by atoms with Crippen molar-refractivity contribution in [3.8, 4) is 0 Å². The zero-order chi connectivity index (χ0) is 15.3. The Morgan fingerprint density at radius 2 is 2.05 bits per heavy atom. The van der Waals surface area contributed by atoms with Crippen LogP contribution < -0.4 is 10.2 Å². The summed E-state index contributed by atoms with van der Waals surface area (Å²) in [6.07, 6.45) is 3.02. The van der Waals surface area contributed by atoms with Gasteiger partial charge in [-0.1, -0.05) is 27.7 Å². The Balaban J connectivity index is 2.98. The monoisotopic (exact) mass is 341 g/mol. The van der Waals surface area contributed by atoms with E-state index in [-0.39, 0.29) is 5.41 Å². The molecule has 1 heterocycles. The third-order valence-corrected chi connectivity index (χ3v) is 4.25. The van der Waals surface area contributed by atoms with Gasteiger partial charge in [0, 0.05) is 35.9 Å². The first kappa shape index (κ1) is 17.4. The van der Waals surface area contributed by atoms with Gasteiger partial charge in [0.25, 0.3) is 0 Å². The van der Waals surface area contributed by atoms with Gasteiger partial charge in [-0.25, -0.2) is 4.98 Å². The highest BCUT2D eigenvalue weighted by molar-refractivity contribution is 9.10. The van der Waals surface area contributed by atoms with E-state index in [9.17, 15) is 0 Å². The van der Waals surface area contributed by atoms with E-state index in [1.165, 1.54) is 5.56 Å². The van der Waals surface area contributed by atoms with Gasteiger partial charge in [-0.2, -0.15) is 0 Å². The Labute approximate surface area is 132 Å². The minimum Gasteiger partial charge on any atom is -0.356 e. The number of nitrogens with zero attached hydrogens (tertiary/aromatic N) is 2. The van der Waals surface area contributed by atoms with Gasteiger partial charge in [-0.3, -0.25) is 0 Å². The molecule has 4 heteroatoms. The third kappa shape index (κ3) is 4.74. The summed E-state index contributed by atoms with van der Waals surface area (Å²) in [5, 5.41) is 3.46. The maximum Gasteiger partial charge on any atom is 0.133 e. The molecule has 1 aromatic heterocycles. The standard InChI is InChI=1S/C16H28BrN3/c1-7-8-18-10-13-9-14(17)11-19-15(13)20(6)12(2)16(3,4)5/h9,11-12,18H,7-8,10H2,1-6H3. The highest BCUT2D eigenvalue weighted by Crippen LogP contribution is 2.29. The van der Waals surface area contributed by atoms with Crippen LogP contribution in [-0.2, 0) is 6.54 Å². The summed E-state index contributed by atoms with van der Waals surface area (Å²) in [6, 6.07) is 2.58. The Kier molecular flexibility index (Phi) is 6.46. The van der Waals surface area contributed by atoms with E-state index in [0.717, 1.165) is 29.8 Å². The fraction of sp³-hybridized carbons (Fsp3) is 0.688. The van der Waals surface area contributed by atoms with Crippen molar-refractivity contribution in [1.82, 2.24) is 10.3 Å². The van der Waals surface area contributed by atoms with E-state index in [4.69, 9.17) is 0 Å². The van der Waals surface area contributed by atoms with Crippen molar-refractivity contribution in [2.45, 2.75) is 53.6 Å². The molecular formula is C16H28BrN3. The van der Waals surface area contributed by atoms with Gasteiger partial charge < -0.3 is 10.2 Å². The number of halogens is 1. The first-order valence-corrected chi connectivity index (χ1v) is 8.14. The highest BCUT2D eigenvalue weighted by Gasteiger charge is 2.26. The summed E-state index contributed by atoms with van der Waals surface area (Å²) in [7, 11) is 2.13. The lowest BCUT2D eigenvalue weighted by Crippen LogP contribution is -2.40. The van der Waals surface area contributed by atoms with Gasteiger partial charge in [0.2, 0.25) is 0 Å². The fourth-order valence-corrected chi connectivity index (χ4v) is 2.46. The molecule has 1 aromatic rings. The SMILES string of the molecule is CCCNCc1cc(Br)cnc1N(C)C(C)C(C)(C)C. The molecule has 0 radical (unpaired) electrons. The Hall–Kier alpha value is -0.610. The molecule has 0 bridgehead atoms. The fourth-order valence-electron chi connectivity index (χ4n) is 2.09. The van der Waals surface area contributed by atoms with E-state index in [0.29, 0.717) is 6.04 Å². The van der Waals surface area contributed by atoms with Gasteiger partial charge in [-0.15, -0.1) is 0 Å². The molecule has 0 saturated carbocycles. The number of hydrogen-bond donors (Lipinski definition) is 1. The van der Waals surface area contributed by atoms with Gasteiger partial charge >= 0.3 is 0 Å². The van der Waals surface area contributed by atoms with Crippen LogP contribution in [0.3, 0.4) is 0 Å². The van der Waals surface area contributed by atoms with Crippen molar-refractivity contribution in [3.63, 3.8) is 0 Å². The summed E-state index contributed by atoms with van der Waals surface area (Å²) >= 11 is 3.52. The number of pyridine rings is 1. The van der Waals surface area contributed by atoms with E-state index >= 15 is 0 Å². The number of anilines is 1. The van der Waals surface area contributed by atoms with Crippen LogP contribution in [0.25, 0.3) is 0 Å². The first-order valence-electron chi connectivity index (χ1n) is 7.35. The molecule has 114 valence electrons. The van der Waals surface area contributed by atoms with Crippen LogP contribution in [0.5, 0.6) is 0 Å². The second-order valence-electron chi connectivity index (χ2n) is 6.47. The Bertz CT molecular complexity index is 426. The average Bonchev–Trinajstić information content (AvgIpc) is 2.36. The van der Waals surface area contributed by atoms with Crippen molar-refractivity contribution >= 4 is 21.7 Å². The zero-order valence-corrected chi connectivity index (χ0v) is 15.2. The summed E-state index contributed by atoms with van der Waals surface area (Å²) in [6.45, 7) is 13.1. The van der Waals surface area contributed by atoms with Crippen LogP contribution in [0.1, 0.15) is 46.6 Å². The molecule has 0 aromatic carbocycles. The summed E-state index contributed by atoms with van der Waals surface area (Å²) < 4.78 is 1.03. The molecular weight excluding hydrogens is 314 g/mol. The minimum atomic E-state index is 0.220.